The highest BCUT2D eigenvalue weighted by Crippen LogP contribution is 2.27. The first-order valence-electron chi connectivity index (χ1n) is 4.21. The second kappa shape index (κ2) is 4.82. The summed E-state index contributed by atoms with van der Waals surface area (Å²) < 4.78 is 37.1. The first-order valence-corrected chi connectivity index (χ1v) is 5.13. The fraction of sp³-hybridized carbons (Fsp3) is 0.400. The van der Waals surface area contributed by atoms with Gasteiger partial charge in [0, 0.05) is 11.2 Å². The van der Waals surface area contributed by atoms with Crippen molar-refractivity contribution in [2.75, 3.05) is 0 Å². The van der Waals surface area contributed by atoms with E-state index in [4.69, 9.17) is 0 Å². The smallest absolute Gasteiger partial charge is 0.210 e. The van der Waals surface area contributed by atoms with E-state index in [1.807, 2.05) is 0 Å². The largest absolute Gasteiger partial charge is 0.242 e. The second-order valence-electron chi connectivity index (χ2n) is 3.05. The zero-order valence-corrected chi connectivity index (χ0v) is 9.19. The maximum atomic E-state index is 12.8. The molecule has 0 amide bonds. The van der Waals surface area contributed by atoms with Crippen molar-refractivity contribution < 1.29 is 13.2 Å². The molecule has 14 heavy (non-hydrogen) atoms. The molecule has 0 fully saturated rings. The molecule has 0 N–H and O–H groups in total. The molecule has 0 bridgehead atoms. The SMILES string of the molecule is CC(Br)c1cc(F)ccc1CC(F)F. The predicted octanol–water partition coefficient (Wildman–Crippen LogP) is 4.09. The monoisotopic (exact) mass is 266 g/mol. The van der Waals surface area contributed by atoms with Crippen molar-refractivity contribution in [3.8, 4) is 0 Å². The molecule has 0 radical (unpaired) electrons. The first kappa shape index (κ1) is 11.6. The lowest BCUT2D eigenvalue weighted by Gasteiger charge is -2.11. The Bertz CT molecular complexity index is 310. The lowest BCUT2D eigenvalue weighted by atomic mass is 10.0. The van der Waals surface area contributed by atoms with Crippen LogP contribution in [0.2, 0.25) is 0 Å². The van der Waals surface area contributed by atoms with Crippen LogP contribution in [0.3, 0.4) is 0 Å². The van der Waals surface area contributed by atoms with Crippen LogP contribution in [-0.4, -0.2) is 6.43 Å². The number of halogens is 4. The van der Waals surface area contributed by atoms with E-state index in [9.17, 15) is 13.2 Å². The third-order valence-electron chi connectivity index (χ3n) is 1.91. The van der Waals surface area contributed by atoms with Gasteiger partial charge < -0.3 is 0 Å². The van der Waals surface area contributed by atoms with Gasteiger partial charge in [-0.3, -0.25) is 0 Å². The van der Waals surface area contributed by atoms with Gasteiger partial charge in [-0.25, -0.2) is 13.2 Å². The molecule has 0 spiro atoms. The number of hydrogen-bond donors (Lipinski definition) is 0. The zero-order chi connectivity index (χ0) is 10.7. The second-order valence-corrected chi connectivity index (χ2v) is 4.43. The van der Waals surface area contributed by atoms with Crippen molar-refractivity contribution in [3.05, 3.63) is 35.1 Å². The third-order valence-corrected chi connectivity index (χ3v) is 2.40. The van der Waals surface area contributed by atoms with Gasteiger partial charge in [0.25, 0.3) is 0 Å². The number of hydrogen-bond acceptors (Lipinski definition) is 0. The normalized spacial score (nSPS) is 13.3. The average molecular weight is 267 g/mol. The summed E-state index contributed by atoms with van der Waals surface area (Å²) in [6.07, 6.45) is -2.73. The van der Waals surface area contributed by atoms with Gasteiger partial charge >= 0.3 is 0 Å². The fourth-order valence-electron chi connectivity index (χ4n) is 1.29. The van der Waals surface area contributed by atoms with Crippen molar-refractivity contribution >= 4 is 15.9 Å². The van der Waals surface area contributed by atoms with Gasteiger partial charge in [-0.1, -0.05) is 22.0 Å². The van der Waals surface area contributed by atoms with Gasteiger partial charge in [-0.15, -0.1) is 0 Å². The van der Waals surface area contributed by atoms with E-state index in [1.165, 1.54) is 18.2 Å². The highest BCUT2D eigenvalue weighted by molar-refractivity contribution is 9.09. The maximum absolute atomic E-state index is 12.8. The Morgan fingerprint density at radius 3 is 2.50 bits per heavy atom. The summed E-state index contributed by atoms with van der Waals surface area (Å²) in [6, 6.07) is 3.91. The van der Waals surface area contributed by atoms with Gasteiger partial charge in [-0.2, -0.15) is 0 Å². The topological polar surface area (TPSA) is 0 Å². The van der Waals surface area contributed by atoms with Crippen LogP contribution in [0, 0.1) is 5.82 Å². The molecular weight excluding hydrogens is 257 g/mol. The van der Waals surface area contributed by atoms with Crippen molar-refractivity contribution in [2.24, 2.45) is 0 Å². The molecule has 1 unspecified atom stereocenters. The van der Waals surface area contributed by atoms with E-state index in [0.29, 0.717) is 11.1 Å². The van der Waals surface area contributed by atoms with Gasteiger partial charge in [-0.05, 0) is 30.2 Å². The Morgan fingerprint density at radius 2 is 2.00 bits per heavy atom. The van der Waals surface area contributed by atoms with Crippen molar-refractivity contribution in [3.63, 3.8) is 0 Å². The molecule has 1 aromatic rings. The van der Waals surface area contributed by atoms with Gasteiger partial charge in [0.2, 0.25) is 6.43 Å². The third kappa shape index (κ3) is 3.01. The number of benzene rings is 1. The highest BCUT2D eigenvalue weighted by Gasteiger charge is 2.13. The number of alkyl halides is 3. The van der Waals surface area contributed by atoms with Crippen LogP contribution in [-0.2, 0) is 6.42 Å². The summed E-state index contributed by atoms with van der Waals surface area (Å²) in [5.41, 5.74) is 1.08. The molecule has 78 valence electrons. The molecule has 0 nitrogen and oxygen atoms in total. The molecule has 1 atom stereocenters. The summed E-state index contributed by atoms with van der Waals surface area (Å²) in [5, 5.41) is 0. The van der Waals surface area contributed by atoms with Crippen molar-refractivity contribution in [1.29, 1.82) is 0 Å². The first-order chi connectivity index (χ1) is 6.50. The molecule has 1 rings (SSSR count). The van der Waals surface area contributed by atoms with Crippen molar-refractivity contribution in [1.82, 2.24) is 0 Å². The fourth-order valence-corrected chi connectivity index (χ4v) is 1.71. The molecule has 1 aromatic carbocycles. The minimum Gasteiger partial charge on any atom is -0.210 e. The minimum atomic E-state index is -2.40. The summed E-state index contributed by atoms with van der Waals surface area (Å²) in [7, 11) is 0. The van der Waals surface area contributed by atoms with E-state index in [1.54, 1.807) is 6.92 Å². The van der Waals surface area contributed by atoms with Gasteiger partial charge in [0.05, 0.1) is 0 Å². The highest BCUT2D eigenvalue weighted by atomic mass is 79.9. The van der Waals surface area contributed by atoms with E-state index >= 15 is 0 Å². The molecule has 0 saturated heterocycles. The molecule has 0 heterocycles. The summed E-state index contributed by atoms with van der Waals surface area (Å²) in [5.74, 6) is -0.399. The van der Waals surface area contributed by atoms with Crippen LogP contribution in [0.5, 0.6) is 0 Å². The quantitative estimate of drug-likeness (QED) is 0.723. The number of rotatable bonds is 3. The lowest BCUT2D eigenvalue weighted by molar-refractivity contribution is 0.149. The van der Waals surface area contributed by atoms with Crippen LogP contribution in [0.25, 0.3) is 0 Å². The molecule has 0 aliphatic heterocycles. The van der Waals surface area contributed by atoms with Crippen LogP contribution in [0.1, 0.15) is 22.9 Å². The molecule has 4 heteroatoms. The van der Waals surface area contributed by atoms with Crippen LogP contribution in [0.4, 0.5) is 13.2 Å². The Hall–Kier alpha value is -0.510. The van der Waals surface area contributed by atoms with Crippen molar-refractivity contribution in [2.45, 2.75) is 24.6 Å². The zero-order valence-electron chi connectivity index (χ0n) is 7.61. The van der Waals surface area contributed by atoms with E-state index in [0.717, 1.165) is 0 Å². The van der Waals surface area contributed by atoms with E-state index in [-0.39, 0.29) is 11.2 Å². The lowest BCUT2D eigenvalue weighted by Crippen LogP contribution is -2.02. The van der Waals surface area contributed by atoms with E-state index < -0.39 is 12.2 Å². The molecular formula is C10H10BrF3. The Morgan fingerprint density at radius 1 is 1.36 bits per heavy atom. The molecule has 0 aliphatic rings. The summed E-state index contributed by atoms with van der Waals surface area (Å²) >= 11 is 3.25. The average Bonchev–Trinajstić information content (AvgIpc) is 2.07. The summed E-state index contributed by atoms with van der Waals surface area (Å²) in [6.45, 7) is 1.78. The Balaban J connectivity index is 3.02. The standard InChI is InChI=1S/C10H10BrF3/c1-6(11)9-5-8(12)3-2-7(9)4-10(13)14/h2-3,5-6,10H,4H2,1H3. The molecule has 0 aromatic heterocycles. The minimum absolute atomic E-state index is 0.119. The van der Waals surface area contributed by atoms with Crippen LogP contribution < -0.4 is 0 Å². The van der Waals surface area contributed by atoms with Gasteiger partial charge in [0.1, 0.15) is 5.82 Å². The Labute approximate surface area is 89.3 Å². The molecule has 0 saturated carbocycles. The van der Waals surface area contributed by atoms with E-state index in [2.05, 4.69) is 15.9 Å². The van der Waals surface area contributed by atoms with Crippen LogP contribution >= 0.6 is 15.9 Å². The Kier molecular flexibility index (Phi) is 3.98. The van der Waals surface area contributed by atoms with Gasteiger partial charge in [0.15, 0.2) is 0 Å². The van der Waals surface area contributed by atoms with Crippen LogP contribution in [0.15, 0.2) is 18.2 Å². The molecule has 0 aliphatic carbocycles. The maximum Gasteiger partial charge on any atom is 0.242 e. The summed E-state index contributed by atoms with van der Waals surface area (Å²) in [4.78, 5) is -0.119. The predicted molar refractivity (Wildman–Crippen MR) is 53.5 cm³/mol.